The number of hydrogen-bond acceptors (Lipinski definition) is 4. The summed E-state index contributed by atoms with van der Waals surface area (Å²) in [6.45, 7) is 1.48. The number of hydrogen-bond donors (Lipinski definition) is 1. The van der Waals surface area contributed by atoms with Crippen LogP contribution in [0.3, 0.4) is 0 Å². The summed E-state index contributed by atoms with van der Waals surface area (Å²) in [6.07, 6.45) is 1.81. The maximum absolute atomic E-state index is 13.5. The van der Waals surface area contributed by atoms with Crippen LogP contribution in [-0.4, -0.2) is 55.7 Å². The number of piperidine rings is 1. The van der Waals surface area contributed by atoms with Crippen molar-refractivity contribution in [2.45, 2.75) is 23.8 Å². The minimum Gasteiger partial charge on any atom is -0.369 e. The van der Waals surface area contributed by atoms with Gasteiger partial charge in [0.15, 0.2) is 0 Å². The molecule has 0 radical (unpaired) electrons. The Balaban J connectivity index is 1.65. The summed E-state index contributed by atoms with van der Waals surface area (Å²) in [5.41, 5.74) is 1.41. The Morgan fingerprint density at radius 2 is 2.00 bits per heavy atom. The van der Waals surface area contributed by atoms with E-state index in [0.29, 0.717) is 12.1 Å². The fourth-order valence-corrected chi connectivity index (χ4v) is 4.34. The van der Waals surface area contributed by atoms with E-state index in [-0.39, 0.29) is 29.4 Å². The standard InChI is InChI=1S/C22H26FN3O2S/c1-25(2)21(27)15-29-20-11-4-3-10-19(20)22(28)24-17-8-6-12-26(14-17)18-9-5-7-16(23)13-18/h3-5,7,9-11,13,17H,6,8,12,14-15H2,1-2H3,(H,24,28). The van der Waals surface area contributed by atoms with Crippen molar-refractivity contribution in [2.24, 2.45) is 0 Å². The zero-order valence-electron chi connectivity index (χ0n) is 16.7. The minimum absolute atomic E-state index is 0.00299. The summed E-state index contributed by atoms with van der Waals surface area (Å²) in [7, 11) is 3.43. The fourth-order valence-electron chi connectivity index (χ4n) is 3.31. The van der Waals surface area contributed by atoms with Gasteiger partial charge in [-0.25, -0.2) is 4.39 Å². The Kier molecular flexibility index (Phi) is 7.14. The third-order valence-corrected chi connectivity index (χ3v) is 5.97. The second-order valence-electron chi connectivity index (χ2n) is 7.31. The zero-order chi connectivity index (χ0) is 20.8. The lowest BCUT2D eigenvalue weighted by atomic mass is 10.0. The van der Waals surface area contributed by atoms with Crippen LogP contribution in [0.1, 0.15) is 23.2 Å². The molecule has 1 saturated heterocycles. The highest BCUT2D eigenvalue weighted by Gasteiger charge is 2.23. The number of carbonyl (C=O) groups is 2. The molecule has 1 unspecified atom stereocenters. The van der Waals surface area contributed by atoms with E-state index >= 15 is 0 Å². The van der Waals surface area contributed by atoms with Crippen LogP contribution >= 0.6 is 11.8 Å². The topological polar surface area (TPSA) is 52.7 Å². The molecule has 2 aromatic carbocycles. The number of rotatable bonds is 6. The highest BCUT2D eigenvalue weighted by Crippen LogP contribution is 2.24. The molecule has 3 rings (SSSR count). The molecule has 0 bridgehead atoms. The van der Waals surface area contributed by atoms with Crippen molar-refractivity contribution in [3.8, 4) is 0 Å². The molecule has 29 heavy (non-hydrogen) atoms. The van der Waals surface area contributed by atoms with Gasteiger partial charge in [0.2, 0.25) is 5.91 Å². The molecule has 1 aliphatic heterocycles. The first-order valence-corrected chi connectivity index (χ1v) is 10.7. The fraction of sp³-hybridized carbons (Fsp3) is 0.364. The number of nitrogens with zero attached hydrogens (tertiary/aromatic N) is 2. The number of halogens is 1. The lowest BCUT2D eigenvalue weighted by molar-refractivity contribution is -0.125. The van der Waals surface area contributed by atoms with Crippen LogP contribution in [0.2, 0.25) is 0 Å². The van der Waals surface area contributed by atoms with Gasteiger partial charge in [-0.15, -0.1) is 11.8 Å². The van der Waals surface area contributed by atoms with E-state index in [0.717, 1.165) is 30.0 Å². The normalized spacial score (nSPS) is 16.4. The van der Waals surface area contributed by atoms with E-state index in [1.54, 1.807) is 31.1 Å². The molecule has 1 heterocycles. The Morgan fingerprint density at radius 1 is 1.21 bits per heavy atom. The first kappa shape index (κ1) is 21.2. The highest BCUT2D eigenvalue weighted by atomic mass is 32.2. The average molecular weight is 416 g/mol. The molecule has 1 fully saturated rings. The van der Waals surface area contributed by atoms with Crippen molar-refractivity contribution >= 4 is 29.3 Å². The molecule has 0 spiro atoms. The molecule has 1 aliphatic rings. The number of amides is 2. The van der Waals surface area contributed by atoms with E-state index in [1.807, 2.05) is 24.3 Å². The molecule has 0 saturated carbocycles. The van der Waals surface area contributed by atoms with Crippen molar-refractivity contribution in [1.82, 2.24) is 10.2 Å². The van der Waals surface area contributed by atoms with E-state index in [2.05, 4.69) is 10.2 Å². The number of thioether (sulfide) groups is 1. The molecule has 154 valence electrons. The first-order chi connectivity index (χ1) is 13.9. The minimum atomic E-state index is -0.258. The molecule has 5 nitrogen and oxygen atoms in total. The molecule has 2 aromatic rings. The third kappa shape index (κ3) is 5.73. The second kappa shape index (κ2) is 9.78. The molecule has 2 amide bonds. The van der Waals surface area contributed by atoms with Crippen molar-refractivity contribution in [3.05, 3.63) is 59.9 Å². The van der Waals surface area contributed by atoms with Crippen molar-refractivity contribution in [3.63, 3.8) is 0 Å². The van der Waals surface area contributed by atoms with Crippen molar-refractivity contribution in [2.75, 3.05) is 37.8 Å². The maximum Gasteiger partial charge on any atom is 0.252 e. The summed E-state index contributed by atoms with van der Waals surface area (Å²) in [6, 6.07) is 13.9. The Hall–Kier alpha value is -2.54. The van der Waals surface area contributed by atoms with Crippen LogP contribution in [0.15, 0.2) is 53.4 Å². The summed E-state index contributed by atoms with van der Waals surface area (Å²) in [4.78, 5) is 29.2. The molecular formula is C22H26FN3O2S. The third-order valence-electron chi connectivity index (χ3n) is 4.91. The first-order valence-electron chi connectivity index (χ1n) is 9.67. The lowest BCUT2D eigenvalue weighted by Crippen LogP contribution is -2.48. The van der Waals surface area contributed by atoms with Gasteiger partial charge in [0.05, 0.1) is 11.3 Å². The number of nitrogens with one attached hydrogen (secondary N) is 1. The van der Waals surface area contributed by atoms with Crippen LogP contribution in [0.4, 0.5) is 10.1 Å². The van der Waals surface area contributed by atoms with E-state index in [4.69, 9.17) is 0 Å². The van der Waals surface area contributed by atoms with E-state index in [9.17, 15) is 14.0 Å². The van der Waals surface area contributed by atoms with Gasteiger partial charge in [0.1, 0.15) is 5.82 Å². The van der Waals surface area contributed by atoms with Gasteiger partial charge in [0, 0.05) is 43.8 Å². The average Bonchev–Trinajstić information content (AvgIpc) is 2.72. The van der Waals surface area contributed by atoms with Crippen LogP contribution < -0.4 is 10.2 Å². The molecular weight excluding hydrogens is 389 g/mol. The summed E-state index contributed by atoms with van der Waals surface area (Å²) in [5, 5.41) is 3.12. The lowest BCUT2D eigenvalue weighted by Gasteiger charge is -2.35. The van der Waals surface area contributed by atoms with E-state index < -0.39 is 0 Å². The van der Waals surface area contributed by atoms with Gasteiger partial charge in [-0.2, -0.15) is 0 Å². The Morgan fingerprint density at radius 3 is 2.76 bits per heavy atom. The number of benzene rings is 2. The van der Waals surface area contributed by atoms with Crippen LogP contribution in [0.25, 0.3) is 0 Å². The maximum atomic E-state index is 13.5. The van der Waals surface area contributed by atoms with Gasteiger partial charge in [-0.1, -0.05) is 18.2 Å². The smallest absolute Gasteiger partial charge is 0.252 e. The molecule has 1 atom stereocenters. The molecule has 0 aromatic heterocycles. The Bertz CT molecular complexity index is 875. The quantitative estimate of drug-likeness (QED) is 0.735. The van der Waals surface area contributed by atoms with Gasteiger partial charge in [-0.05, 0) is 43.2 Å². The van der Waals surface area contributed by atoms with Gasteiger partial charge >= 0.3 is 0 Å². The number of carbonyl (C=O) groups excluding carboxylic acids is 2. The molecule has 0 aliphatic carbocycles. The monoisotopic (exact) mass is 415 g/mol. The predicted molar refractivity (Wildman–Crippen MR) is 115 cm³/mol. The predicted octanol–water partition coefficient (Wildman–Crippen LogP) is 3.40. The zero-order valence-corrected chi connectivity index (χ0v) is 17.5. The van der Waals surface area contributed by atoms with Crippen molar-refractivity contribution in [1.29, 1.82) is 0 Å². The largest absolute Gasteiger partial charge is 0.369 e. The van der Waals surface area contributed by atoms with Crippen LogP contribution in [-0.2, 0) is 4.79 Å². The highest BCUT2D eigenvalue weighted by molar-refractivity contribution is 8.00. The summed E-state index contributed by atoms with van der Waals surface area (Å²) >= 11 is 1.37. The van der Waals surface area contributed by atoms with Gasteiger partial charge in [-0.3, -0.25) is 9.59 Å². The van der Waals surface area contributed by atoms with Gasteiger partial charge < -0.3 is 15.1 Å². The SMILES string of the molecule is CN(C)C(=O)CSc1ccccc1C(=O)NC1CCCN(c2cccc(F)c2)C1. The second-order valence-corrected chi connectivity index (χ2v) is 8.33. The van der Waals surface area contributed by atoms with Gasteiger partial charge in [0.25, 0.3) is 5.91 Å². The van der Waals surface area contributed by atoms with Crippen molar-refractivity contribution < 1.29 is 14.0 Å². The van der Waals surface area contributed by atoms with Crippen LogP contribution in [0.5, 0.6) is 0 Å². The molecule has 7 heteroatoms. The number of anilines is 1. The summed E-state index contributed by atoms with van der Waals surface area (Å²) in [5.74, 6) is -0.111. The van der Waals surface area contributed by atoms with E-state index in [1.165, 1.54) is 23.9 Å². The molecule has 1 N–H and O–H groups in total. The van der Waals surface area contributed by atoms with Crippen LogP contribution in [0, 0.1) is 5.82 Å². The summed E-state index contributed by atoms with van der Waals surface area (Å²) < 4.78 is 13.5. The Labute approximate surface area is 175 Å².